The molecule has 1 aromatic rings. The van der Waals surface area contributed by atoms with E-state index < -0.39 is 0 Å². The third-order valence-corrected chi connectivity index (χ3v) is 3.94. The van der Waals surface area contributed by atoms with Crippen molar-refractivity contribution in [2.45, 2.75) is 25.4 Å². The van der Waals surface area contributed by atoms with E-state index in [-0.39, 0.29) is 11.6 Å². The number of hydrogen-bond donors (Lipinski definition) is 1. The van der Waals surface area contributed by atoms with Crippen LogP contribution >= 0.6 is 0 Å². The molecule has 3 rings (SSSR count). The van der Waals surface area contributed by atoms with Crippen molar-refractivity contribution < 1.29 is 9.53 Å². The number of amides is 1. The molecule has 96 valence electrons. The van der Waals surface area contributed by atoms with Gasteiger partial charge in [-0.3, -0.25) is 4.90 Å². The van der Waals surface area contributed by atoms with Gasteiger partial charge in [0.2, 0.25) is 0 Å². The molecule has 0 bridgehead atoms. The number of carbonyl (C=O) groups is 1. The van der Waals surface area contributed by atoms with E-state index in [1.165, 1.54) is 5.56 Å². The lowest BCUT2D eigenvalue weighted by atomic mass is 9.98. The van der Waals surface area contributed by atoms with E-state index in [1.807, 2.05) is 4.90 Å². The van der Waals surface area contributed by atoms with E-state index in [0.717, 1.165) is 25.1 Å². The molecule has 0 aliphatic carbocycles. The van der Waals surface area contributed by atoms with Crippen LogP contribution in [-0.4, -0.2) is 36.2 Å². The largest absolute Gasteiger partial charge is 0.447 e. The van der Waals surface area contributed by atoms with Crippen LogP contribution in [0.4, 0.5) is 4.79 Å². The molecule has 0 saturated carbocycles. The van der Waals surface area contributed by atoms with Crippen molar-refractivity contribution in [2.75, 3.05) is 19.7 Å². The van der Waals surface area contributed by atoms with Crippen molar-refractivity contribution in [3.05, 3.63) is 35.4 Å². The quantitative estimate of drug-likeness (QED) is 0.863. The number of nitrogens with one attached hydrogen (secondary N) is 1. The summed E-state index contributed by atoms with van der Waals surface area (Å²) in [6.45, 7) is 5.02. The van der Waals surface area contributed by atoms with E-state index in [2.05, 4.69) is 36.5 Å². The van der Waals surface area contributed by atoms with Crippen LogP contribution in [0.25, 0.3) is 0 Å². The fraction of sp³-hybridized carbons (Fsp3) is 0.500. The predicted octanol–water partition coefficient (Wildman–Crippen LogP) is 1.68. The molecule has 2 aliphatic rings. The fourth-order valence-electron chi connectivity index (χ4n) is 2.74. The summed E-state index contributed by atoms with van der Waals surface area (Å²) in [4.78, 5) is 13.8. The highest BCUT2D eigenvalue weighted by molar-refractivity contribution is 5.71. The summed E-state index contributed by atoms with van der Waals surface area (Å²) >= 11 is 0. The van der Waals surface area contributed by atoms with Gasteiger partial charge in [-0.2, -0.15) is 0 Å². The van der Waals surface area contributed by atoms with E-state index >= 15 is 0 Å². The molecule has 0 aromatic heterocycles. The minimum Gasteiger partial charge on any atom is -0.447 e. The van der Waals surface area contributed by atoms with Crippen LogP contribution in [0.5, 0.6) is 0 Å². The van der Waals surface area contributed by atoms with Crippen LogP contribution in [0.3, 0.4) is 0 Å². The number of cyclic esters (lactones) is 1. The minimum absolute atomic E-state index is 0.123. The molecular formula is C14H18N2O2. The van der Waals surface area contributed by atoms with Crippen molar-refractivity contribution in [1.82, 2.24) is 10.2 Å². The van der Waals surface area contributed by atoms with Crippen molar-refractivity contribution in [3.63, 3.8) is 0 Å². The van der Waals surface area contributed by atoms with Crippen molar-refractivity contribution in [2.24, 2.45) is 0 Å². The number of hydrogen-bond acceptors (Lipinski definition) is 3. The Labute approximate surface area is 107 Å². The second kappa shape index (κ2) is 4.28. The van der Waals surface area contributed by atoms with Gasteiger partial charge in [-0.15, -0.1) is 0 Å². The number of carbonyl (C=O) groups excluding carboxylic acids is 1. The molecule has 0 radical (unpaired) electrons. The molecule has 1 atom stereocenters. The van der Waals surface area contributed by atoms with E-state index in [0.29, 0.717) is 13.2 Å². The number of ether oxygens (including phenoxy) is 1. The maximum Gasteiger partial charge on any atom is 0.410 e. The van der Waals surface area contributed by atoms with Crippen LogP contribution in [0.1, 0.15) is 17.5 Å². The topological polar surface area (TPSA) is 41.6 Å². The second-order valence-electron chi connectivity index (χ2n) is 5.28. The Bertz CT molecular complexity index is 449. The first-order valence-corrected chi connectivity index (χ1v) is 6.40. The van der Waals surface area contributed by atoms with Crippen LogP contribution < -0.4 is 5.32 Å². The predicted molar refractivity (Wildman–Crippen MR) is 68.3 cm³/mol. The molecule has 1 amide bonds. The number of benzene rings is 1. The molecule has 4 nitrogen and oxygen atoms in total. The van der Waals surface area contributed by atoms with Gasteiger partial charge in [0.15, 0.2) is 0 Å². The third kappa shape index (κ3) is 1.86. The number of rotatable bonds is 2. The van der Waals surface area contributed by atoms with Gasteiger partial charge in [0, 0.05) is 13.1 Å². The average Bonchev–Trinajstić information content (AvgIpc) is 2.95. The van der Waals surface area contributed by atoms with Gasteiger partial charge in [-0.1, -0.05) is 29.8 Å². The van der Waals surface area contributed by atoms with Gasteiger partial charge in [0.1, 0.15) is 6.61 Å². The first-order chi connectivity index (χ1) is 8.70. The molecular weight excluding hydrogens is 228 g/mol. The molecule has 1 aromatic carbocycles. The average molecular weight is 246 g/mol. The van der Waals surface area contributed by atoms with E-state index in [4.69, 9.17) is 4.74 Å². The summed E-state index contributed by atoms with van der Waals surface area (Å²) in [5.41, 5.74) is 2.27. The Balaban J connectivity index is 1.81. The summed E-state index contributed by atoms with van der Waals surface area (Å²) in [5, 5.41) is 3.33. The zero-order valence-electron chi connectivity index (χ0n) is 10.6. The number of nitrogens with zero attached hydrogens (tertiary/aromatic N) is 1. The lowest BCUT2D eigenvalue weighted by Gasteiger charge is -2.30. The molecule has 1 N–H and O–H groups in total. The zero-order valence-corrected chi connectivity index (χ0v) is 10.6. The van der Waals surface area contributed by atoms with Gasteiger partial charge in [-0.05, 0) is 25.5 Å². The number of aryl methyl sites for hydroxylation is 1. The Morgan fingerprint density at radius 2 is 2.17 bits per heavy atom. The maximum absolute atomic E-state index is 11.9. The van der Waals surface area contributed by atoms with Crippen molar-refractivity contribution >= 4 is 6.09 Å². The lowest BCUT2D eigenvalue weighted by molar-refractivity contribution is 0.150. The van der Waals surface area contributed by atoms with E-state index in [1.54, 1.807) is 0 Å². The minimum atomic E-state index is -0.181. The summed E-state index contributed by atoms with van der Waals surface area (Å²) < 4.78 is 5.25. The Hall–Kier alpha value is -1.55. The molecule has 2 heterocycles. The molecule has 2 saturated heterocycles. The van der Waals surface area contributed by atoms with Gasteiger partial charge < -0.3 is 10.1 Å². The van der Waals surface area contributed by atoms with Crippen LogP contribution in [0, 0.1) is 6.92 Å². The zero-order chi connectivity index (χ0) is 12.6. The summed E-state index contributed by atoms with van der Waals surface area (Å²) in [6.07, 6.45) is 0.796. The molecule has 1 unspecified atom stereocenters. The highest BCUT2D eigenvalue weighted by Gasteiger charge is 2.48. The molecule has 1 spiro atoms. The third-order valence-electron chi connectivity index (χ3n) is 3.94. The Morgan fingerprint density at radius 3 is 2.83 bits per heavy atom. The highest BCUT2D eigenvalue weighted by Crippen LogP contribution is 2.31. The molecule has 4 heteroatoms. The monoisotopic (exact) mass is 246 g/mol. The smallest absolute Gasteiger partial charge is 0.410 e. The normalized spacial score (nSPS) is 26.9. The van der Waals surface area contributed by atoms with Gasteiger partial charge in [0.25, 0.3) is 0 Å². The summed E-state index contributed by atoms with van der Waals surface area (Å²) in [5.74, 6) is 0. The lowest BCUT2D eigenvalue weighted by Crippen LogP contribution is -2.48. The van der Waals surface area contributed by atoms with Gasteiger partial charge >= 0.3 is 6.09 Å². The van der Waals surface area contributed by atoms with Crippen LogP contribution in [0.15, 0.2) is 24.3 Å². The van der Waals surface area contributed by atoms with Crippen molar-refractivity contribution in [1.29, 1.82) is 0 Å². The standard InChI is InChI=1S/C14H18N2O2/c1-11-2-4-12(5-3-11)8-16-13(17)18-10-14(16)6-7-15-9-14/h2-5,15H,6-10H2,1H3. The van der Waals surface area contributed by atoms with Crippen LogP contribution in [-0.2, 0) is 11.3 Å². The highest BCUT2D eigenvalue weighted by atomic mass is 16.6. The summed E-state index contributed by atoms with van der Waals surface area (Å²) in [7, 11) is 0. The molecule has 18 heavy (non-hydrogen) atoms. The van der Waals surface area contributed by atoms with Gasteiger partial charge in [0.05, 0.1) is 5.54 Å². The Morgan fingerprint density at radius 1 is 1.39 bits per heavy atom. The first kappa shape index (κ1) is 11.5. The molecule has 2 fully saturated rings. The summed E-state index contributed by atoms with van der Waals surface area (Å²) in [6, 6.07) is 8.32. The van der Waals surface area contributed by atoms with Crippen LogP contribution in [0.2, 0.25) is 0 Å². The van der Waals surface area contributed by atoms with E-state index in [9.17, 15) is 4.79 Å². The molecule has 2 aliphatic heterocycles. The SMILES string of the molecule is Cc1ccc(CN2C(=O)OCC23CCNC3)cc1. The van der Waals surface area contributed by atoms with Crippen molar-refractivity contribution in [3.8, 4) is 0 Å². The Kier molecular flexibility index (Phi) is 2.74. The first-order valence-electron chi connectivity index (χ1n) is 6.40. The fourth-order valence-corrected chi connectivity index (χ4v) is 2.74. The van der Waals surface area contributed by atoms with Gasteiger partial charge in [-0.25, -0.2) is 4.79 Å². The second-order valence-corrected chi connectivity index (χ2v) is 5.28. The maximum atomic E-state index is 11.9.